The highest BCUT2D eigenvalue weighted by molar-refractivity contribution is 6.41. The fraction of sp³-hybridized carbons (Fsp3) is 0.478. The molecular formula is C23H27N3O5. The third-order valence-electron chi connectivity index (χ3n) is 5.76. The van der Waals surface area contributed by atoms with Crippen molar-refractivity contribution in [3.05, 3.63) is 41.2 Å². The molecule has 1 aromatic rings. The van der Waals surface area contributed by atoms with Gasteiger partial charge >= 0.3 is 11.9 Å². The molecule has 164 valence electrons. The van der Waals surface area contributed by atoms with Crippen LogP contribution < -0.4 is 5.32 Å². The molecule has 0 radical (unpaired) electrons. The molecule has 3 rings (SSSR count). The van der Waals surface area contributed by atoms with Gasteiger partial charge in [0.15, 0.2) is 0 Å². The standard InChI is InChI=1S/C23H27N3O5/c1-3-31-23(29)21(28)17(14-24)22-25-18-12-8-7-11-16(18)19(13-20(27)30-2)26(22)15-9-5-4-6-10-15/h7-8,11-12,15,19,25H,3-6,9-10,13H2,1-2H3/b22-17+. The van der Waals surface area contributed by atoms with E-state index in [0.717, 1.165) is 37.7 Å². The second-order valence-electron chi connectivity index (χ2n) is 7.59. The smallest absolute Gasteiger partial charge is 0.380 e. The number of anilines is 1. The molecule has 0 aromatic heterocycles. The molecule has 1 aromatic carbocycles. The lowest BCUT2D eigenvalue weighted by molar-refractivity contribution is -0.151. The molecule has 0 amide bonds. The summed E-state index contributed by atoms with van der Waals surface area (Å²) in [6.07, 6.45) is 4.90. The first-order valence-electron chi connectivity index (χ1n) is 10.6. The predicted octanol–water partition coefficient (Wildman–Crippen LogP) is 3.22. The predicted molar refractivity (Wildman–Crippen MR) is 112 cm³/mol. The molecule has 0 bridgehead atoms. The quantitative estimate of drug-likeness (QED) is 0.320. The maximum Gasteiger partial charge on any atom is 0.380 e. The van der Waals surface area contributed by atoms with E-state index in [1.807, 2.05) is 35.2 Å². The highest BCUT2D eigenvalue weighted by Gasteiger charge is 2.40. The Bertz CT molecular complexity index is 927. The number of carbonyl (C=O) groups is 3. The number of esters is 2. The number of carbonyl (C=O) groups excluding carboxylic acids is 3. The van der Waals surface area contributed by atoms with Crippen molar-refractivity contribution >= 4 is 23.4 Å². The van der Waals surface area contributed by atoms with E-state index in [2.05, 4.69) is 5.32 Å². The third-order valence-corrected chi connectivity index (χ3v) is 5.76. The number of nitrogens with one attached hydrogen (secondary N) is 1. The topological polar surface area (TPSA) is 109 Å². The number of ketones is 1. The third kappa shape index (κ3) is 4.71. The fourth-order valence-corrected chi connectivity index (χ4v) is 4.35. The molecule has 0 spiro atoms. The number of para-hydroxylation sites is 1. The fourth-order valence-electron chi connectivity index (χ4n) is 4.35. The van der Waals surface area contributed by atoms with Crippen molar-refractivity contribution in [2.45, 2.75) is 57.5 Å². The molecule has 1 atom stereocenters. The first-order valence-corrected chi connectivity index (χ1v) is 10.6. The van der Waals surface area contributed by atoms with Crippen molar-refractivity contribution in [3.8, 4) is 6.07 Å². The second-order valence-corrected chi connectivity index (χ2v) is 7.59. The van der Waals surface area contributed by atoms with Gasteiger partial charge in [0, 0.05) is 11.7 Å². The first-order chi connectivity index (χ1) is 15.0. The summed E-state index contributed by atoms with van der Waals surface area (Å²) in [7, 11) is 1.34. The number of methoxy groups -OCH3 is 1. The van der Waals surface area contributed by atoms with Crippen molar-refractivity contribution in [1.29, 1.82) is 5.26 Å². The van der Waals surface area contributed by atoms with Crippen LogP contribution in [0.2, 0.25) is 0 Å². The summed E-state index contributed by atoms with van der Waals surface area (Å²) in [5, 5.41) is 13.0. The Morgan fingerprint density at radius 2 is 1.90 bits per heavy atom. The molecule has 1 aliphatic heterocycles. The molecule has 8 heteroatoms. The molecule has 31 heavy (non-hydrogen) atoms. The number of Topliss-reactive ketones (excluding diaryl/α,β-unsaturated/α-hetero) is 1. The number of ether oxygens (including phenoxy) is 2. The van der Waals surface area contributed by atoms with Gasteiger partial charge in [-0.2, -0.15) is 5.26 Å². The van der Waals surface area contributed by atoms with E-state index in [1.54, 1.807) is 6.92 Å². The molecule has 1 unspecified atom stereocenters. The van der Waals surface area contributed by atoms with E-state index >= 15 is 0 Å². The van der Waals surface area contributed by atoms with Crippen LogP contribution in [-0.2, 0) is 23.9 Å². The molecular weight excluding hydrogens is 398 g/mol. The van der Waals surface area contributed by atoms with Gasteiger partial charge in [-0.1, -0.05) is 37.5 Å². The molecule has 2 aliphatic rings. The maximum absolute atomic E-state index is 12.8. The minimum Gasteiger partial charge on any atom is -0.469 e. The normalized spacial score (nSPS) is 20.0. The summed E-state index contributed by atoms with van der Waals surface area (Å²) in [6.45, 7) is 1.63. The molecule has 8 nitrogen and oxygen atoms in total. The Kier molecular flexibility index (Phi) is 7.29. The van der Waals surface area contributed by atoms with Gasteiger partial charge < -0.3 is 19.7 Å². The van der Waals surface area contributed by atoms with Crippen LogP contribution >= 0.6 is 0 Å². The number of nitrogens with zero attached hydrogens (tertiary/aromatic N) is 2. The van der Waals surface area contributed by atoms with E-state index in [4.69, 9.17) is 9.47 Å². The number of nitriles is 1. The number of hydrogen-bond acceptors (Lipinski definition) is 8. The molecule has 1 fully saturated rings. The van der Waals surface area contributed by atoms with Gasteiger partial charge in [0.2, 0.25) is 0 Å². The lowest BCUT2D eigenvalue weighted by atomic mass is 9.88. The van der Waals surface area contributed by atoms with Crippen LogP contribution in [0, 0.1) is 11.3 Å². The van der Waals surface area contributed by atoms with Crippen molar-refractivity contribution in [2.75, 3.05) is 19.0 Å². The molecule has 1 aliphatic carbocycles. The van der Waals surface area contributed by atoms with Crippen LogP contribution in [-0.4, -0.2) is 42.4 Å². The van der Waals surface area contributed by atoms with Gasteiger partial charge in [0.05, 0.1) is 26.2 Å². The Balaban J connectivity index is 2.17. The van der Waals surface area contributed by atoms with Crippen molar-refractivity contribution < 1.29 is 23.9 Å². The van der Waals surface area contributed by atoms with Crippen LogP contribution in [0.5, 0.6) is 0 Å². The number of hydrogen-bond donors (Lipinski definition) is 1. The van der Waals surface area contributed by atoms with Crippen LogP contribution in [0.25, 0.3) is 0 Å². The zero-order chi connectivity index (χ0) is 22.4. The van der Waals surface area contributed by atoms with E-state index < -0.39 is 23.8 Å². The van der Waals surface area contributed by atoms with Crippen LogP contribution in [0.1, 0.15) is 57.1 Å². The first kappa shape index (κ1) is 22.3. The van der Waals surface area contributed by atoms with Crippen molar-refractivity contribution in [2.24, 2.45) is 0 Å². The highest BCUT2D eigenvalue weighted by atomic mass is 16.5. The molecule has 1 saturated carbocycles. The largest absolute Gasteiger partial charge is 0.469 e. The zero-order valence-electron chi connectivity index (χ0n) is 17.8. The average molecular weight is 425 g/mol. The minimum atomic E-state index is -1.07. The summed E-state index contributed by atoms with van der Waals surface area (Å²) in [6, 6.07) is 8.94. The van der Waals surface area contributed by atoms with Crippen LogP contribution in [0.4, 0.5) is 5.69 Å². The van der Waals surface area contributed by atoms with E-state index in [1.165, 1.54) is 7.11 Å². The Labute approximate surface area is 181 Å². The minimum absolute atomic E-state index is 0.0117. The highest BCUT2D eigenvalue weighted by Crippen LogP contribution is 2.43. The Hall–Kier alpha value is -3.34. The summed E-state index contributed by atoms with van der Waals surface area (Å²) in [4.78, 5) is 39.2. The summed E-state index contributed by atoms with van der Waals surface area (Å²) in [5.74, 6) is -2.21. The lowest BCUT2D eigenvalue weighted by Gasteiger charge is -2.46. The summed E-state index contributed by atoms with van der Waals surface area (Å²) >= 11 is 0. The maximum atomic E-state index is 12.8. The van der Waals surface area contributed by atoms with E-state index in [9.17, 15) is 19.6 Å². The lowest BCUT2D eigenvalue weighted by Crippen LogP contribution is -2.46. The average Bonchev–Trinajstić information content (AvgIpc) is 2.80. The Morgan fingerprint density at radius 1 is 1.19 bits per heavy atom. The Morgan fingerprint density at radius 3 is 2.55 bits per heavy atom. The molecule has 1 N–H and O–H groups in total. The number of fused-ring (bicyclic) bond motifs is 1. The van der Waals surface area contributed by atoms with Crippen molar-refractivity contribution in [3.63, 3.8) is 0 Å². The van der Waals surface area contributed by atoms with Crippen molar-refractivity contribution in [1.82, 2.24) is 4.90 Å². The number of rotatable bonds is 6. The van der Waals surface area contributed by atoms with Gasteiger partial charge in [-0.05, 0) is 31.4 Å². The van der Waals surface area contributed by atoms with E-state index in [0.29, 0.717) is 5.69 Å². The van der Waals surface area contributed by atoms with Gasteiger partial charge in [-0.15, -0.1) is 0 Å². The number of benzene rings is 1. The second kappa shape index (κ2) is 10.1. The van der Waals surface area contributed by atoms with Gasteiger partial charge in [0.1, 0.15) is 17.5 Å². The van der Waals surface area contributed by atoms with Gasteiger partial charge in [-0.25, -0.2) is 4.79 Å². The SMILES string of the molecule is CCOC(=O)C(=O)/C(C#N)=C1\Nc2ccccc2C(CC(=O)OC)N1C1CCCCC1. The van der Waals surface area contributed by atoms with Gasteiger partial charge in [-0.3, -0.25) is 9.59 Å². The van der Waals surface area contributed by atoms with E-state index in [-0.39, 0.29) is 30.5 Å². The zero-order valence-corrected chi connectivity index (χ0v) is 17.8. The van der Waals surface area contributed by atoms with Crippen LogP contribution in [0.15, 0.2) is 35.7 Å². The summed E-state index contributed by atoms with van der Waals surface area (Å²) < 4.78 is 9.78. The molecule has 0 saturated heterocycles. The molecule has 1 heterocycles. The van der Waals surface area contributed by atoms with Gasteiger partial charge in [0.25, 0.3) is 5.78 Å². The summed E-state index contributed by atoms with van der Waals surface area (Å²) in [5.41, 5.74) is 1.25. The monoisotopic (exact) mass is 425 g/mol. The van der Waals surface area contributed by atoms with Crippen LogP contribution in [0.3, 0.4) is 0 Å².